The maximum Gasteiger partial charge on any atom is 0.284 e. The maximum atomic E-state index is 15.2. The van der Waals surface area contributed by atoms with Crippen LogP contribution in [0.3, 0.4) is 0 Å². The second kappa shape index (κ2) is 12.0. The Labute approximate surface area is 250 Å². The number of pyridine rings is 1. The smallest absolute Gasteiger partial charge is 0.284 e. The molecule has 1 aliphatic heterocycles. The number of carbonyl (C=O) groups is 1. The number of halogens is 2. The Hall–Kier alpha value is -4.52. The summed E-state index contributed by atoms with van der Waals surface area (Å²) in [5, 5.41) is 6.73. The van der Waals surface area contributed by atoms with Gasteiger partial charge >= 0.3 is 0 Å². The highest BCUT2D eigenvalue weighted by Gasteiger charge is 2.19. The molecule has 0 saturated carbocycles. The summed E-state index contributed by atoms with van der Waals surface area (Å²) in [5.41, 5.74) is 0.742. The Morgan fingerprint density at radius 2 is 1.77 bits per heavy atom. The molecule has 1 fully saturated rings. The predicted octanol–water partition coefficient (Wildman–Crippen LogP) is 5.22. The normalized spacial score (nSPS) is 14.2. The molecular weight excluding hydrogens is 574 g/mol. The van der Waals surface area contributed by atoms with Gasteiger partial charge in [-0.05, 0) is 62.5 Å². The summed E-state index contributed by atoms with van der Waals surface area (Å²) in [5.74, 6) is -1.42. The summed E-state index contributed by atoms with van der Waals surface area (Å²) in [6.07, 6.45) is 1.63. The maximum absolute atomic E-state index is 15.2. The molecule has 0 unspecified atom stereocenters. The van der Waals surface area contributed by atoms with Gasteiger partial charge in [-0.3, -0.25) is 19.5 Å². The third-order valence-corrected chi connectivity index (χ3v) is 8.28. The van der Waals surface area contributed by atoms with E-state index in [0.29, 0.717) is 17.1 Å². The number of thiophene rings is 1. The minimum atomic E-state index is -0.735. The van der Waals surface area contributed by atoms with Crippen molar-refractivity contribution >= 4 is 33.1 Å². The Bertz CT molecular complexity index is 1870. The van der Waals surface area contributed by atoms with Gasteiger partial charge in [-0.25, -0.2) is 8.78 Å². The van der Waals surface area contributed by atoms with Gasteiger partial charge in [0.2, 0.25) is 0 Å². The molecule has 9 nitrogen and oxygen atoms in total. The molecule has 1 aliphatic rings. The van der Waals surface area contributed by atoms with E-state index in [-0.39, 0.29) is 17.0 Å². The van der Waals surface area contributed by atoms with Crippen LogP contribution < -0.4 is 15.6 Å². The van der Waals surface area contributed by atoms with Crippen molar-refractivity contribution in [3.63, 3.8) is 0 Å². The predicted molar refractivity (Wildman–Crippen MR) is 161 cm³/mol. The highest BCUT2D eigenvalue weighted by Crippen LogP contribution is 2.36. The van der Waals surface area contributed by atoms with Crippen molar-refractivity contribution in [1.82, 2.24) is 24.6 Å². The number of ether oxygens (including phenoxy) is 1. The lowest BCUT2D eigenvalue weighted by atomic mass is 10.2. The second-order valence-corrected chi connectivity index (χ2v) is 11.5. The van der Waals surface area contributed by atoms with Crippen LogP contribution in [-0.4, -0.2) is 63.7 Å². The molecule has 0 atom stereocenters. The van der Waals surface area contributed by atoms with Gasteiger partial charge < -0.3 is 15.0 Å². The number of anilines is 1. The third kappa shape index (κ3) is 6.31. The van der Waals surface area contributed by atoms with Gasteiger partial charge in [0.1, 0.15) is 17.1 Å². The molecule has 220 valence electrons. The Morgan fingerprint density at radius 1 is 1.00 bits per heavy atom. The van der Waals surface area contributed by atoms with E-state index < -0.39 is 23.1 Å². The monoisotopic (exact) mass is 602 g/mol. The first-order chi connectivity index (χ1) is 20.7. The van der Waals surface area contributed by atoms with Gasteiger partial charge in [0.05, 0.1) is 21.6 Å². The number of piperazine rings is 1. The van der Waals surface area contributed by atoms with Crippen LogP contribution in [0.15, 0.2) is 71.7 Å². The van der Waals surface area contributed by atoms with Crippen LogP contribution in [0.2, 0.25) is 0 Å². The van der Waals surface area contributed by atoms with Crippen LogP contribution >= 0.6 is 11.3 Å². The van der Waals surface area contributed by atoms with E-state index in [0.717, 1.165) is 58.6 Å². The third-order valence-electron chi connectivity index (χ3n) is 7.16. The van der Waals surface area contributed by atoms with Crippen LogP contribution in [-0.2, 0) is 6.54 Å². The molecule has 5 aromatic rings. The molecule has 1 saturated heterocycles. The molecule has 2 aromatic carbocycles. The molecule has 1 N–H and O–H groups in total. The number of nitrogens with zero attached hydrogens (tertiary/aromatic N) is 5. The van der Waals surface area contributed by atoms with Crippen molar-refractivity contribution in [3.8, 4) is 17.2 Å². The van der Waals surface area contributed by atoms with E-state index in [1.165, 1.54) is 42.5 Å². The average Bonchev–Trinajstić information content (AvgIpc) is 3.40. The van der Waals surface area contributed by atoms with Crippen LogP contribution in [0.25, 0.3) is 15.9 Å². The topological polar surface area (TPSA) is 92.6 Å². The molecule has 0 spiro atoms. The lowest BCUT2D eigenvalue weighted by Crippen LogP contribution is -2.43. The van der Waals surface area contributed by atoms with Crippen molar-refractivity contribution in [2.45, 2.75) is 13.5 Å². The van der Waals surface area contributed by atoms with E-state index in [4.69, 9.17) is 4.74 Å². The zero-order chi connectivity index (χ0) is 30.1. The van der Waals surface area contributed by atoms with Gasteiger partial charge in [-0.15, -0.1) is 11.3 Å². The summed E-state index contributed by atoms with van der Waals surface area (Å²) >= 11 is 1.58. The van der Waals surface area contributed by atoms with E-state index in [1.807, 2.05) is 6.07 Å². The summed E-state index contributed by atoms with van der Waals surface area (Å²) in [6, 6.07) is 14.3. The molecular formula is C31H28F2N6O3S. The first-order valence-corrected chi connectivity index (χ1v) is 14.5. The van der Waals surface area contributed by atoms with Crippen molar-refractivity contribution < 1.29 is 18.3 Å². The number of fused-ring (bicyclic) bond motifs is 1. The van der Waals surface area contributed by atoms with Crippen molar-refractivity contribution in [2.75, 3.05) is 38.5 Å². The van der Waals surface area contributed by atoms with E-state index >= 15 is 4.39 Å². The standard InChI is InChI=1S/C31H28F2N6O3S/c1-19-15-24(31(41)39(36-19)22-6-3-20(32)4-7-22)30(40)35-21-5-8-27(25(33)16-21)42-28-9-10-34-26-17-23(43-29(26)28)18-38-13-11-37(2)12-14-38/h3-10,15-17H,11-14,18H2,1-2H3,(H,35,40). The molecule has 0 radical (unpaired) electrons. The van der Waals surface area contributed by atoms with Gasteiger partial charge in [-0.1, -0.05) is 0 Å². The second-order valence-electron chi connectivity index (χ2n) is 10.4. The summed E-state index contributed by atoms with van der Waals surface area (Å²) in [4.78, 5) is 36.4. The van der Waals surface area contributed by atoms with Gasteiger partial charge in [0, 0.05) is 61.6 Å². The number of hydrogen-bond acceptors (Lipinski definition) is 8. The zero-order valence-electron chi connectivity index (χ0n) is 23.5. The fourth-order valence-electron chi connectivity index (χ4n) is 4.86. The minimum Gasteiger partial charge on any atom is -0.453 e. The average molecular weight is 603 g/mol. The van der Waals surface area contributed by atoms with Crippen LogP contribution in [0.1, 0.15) is 20.9 Å². The number of nitrogens with one attached hydrogen (secondary N) is 1. The fourth-order valence-corrected chi connectivity index (χ4v) is 5.97. The number of aryl methyl sites for hydroxylation is 1. The number of aromatic nitrogens is 3. The quantitative estimate of drug-likeness (QED) is 0.273. The molecule has 43 heavy (non-hydrogen) atoms. The lowest BCUT2D eigenvalue weighted by Gasteiger charge is -2.31. The Kier molecular flexibility index (Phi) is 7.98. The van der Waals surface area contributed by atoms with Crippen molar-refractivity contribution in [1.29, 1.82) is 0 Å². The number of rotatable bonds is 7. The molecule has 6 rings (SSSR count). The number of amides is 1. The lowest BCUT2D eigenvalue weighted by molar-refractivity contribution is 0.102. The van der Waals surface area contributed by atoms with Crippen LogP contribution in [0.4, 0.5) is 14.5 Å². The fraction of sp³-hybridized carbons (Fsp3) is 0.226. The van der Waals surface area contributed by atoms with Crippen LogP contribution in [0, 0.1) is 18.6 Å². The molecule has 4 heterocycles. The van der Waals surface area contributed by atoms with Crippen molar-refractivity contribution in [3.05, 3.63) is 105 Å². The first-order valence-electron chi connectivity index (χ1n) is 13.7. The zero-order valence-corrected chi connectivity index (χ0v) is 24.3. The highest BCUT2D eigenvalue weighted by molar-refractivity contribution is 7.19. The number of carbonyl (C=O) groups excluding carboxylic acids is 1. The largest absolute Gasteiger partial charge is 0.453 e. The SMILES string of the molecule is Cc1cc(C(=O)Nc2ccc(Oc3ccnc4cc(CN5CCN(C)CC5)sc34)c(F)c2)c(=O)n(-c2ccc(F)cc2)n1. The van der Waals surface area contributed by atoms with Crippen LogP contribution in [0.5, 0.6) is 11.5 Å². The number of benzene rings is 2. The van der Waals surface area contributed by atoms with Gasteiger partial charge in [-0.2, -0.15) is 9.78 Å². The van der Waals surface area contributed by atoms with Crippen molar-refractivity contribution in [2.24, 2.45) is 0 Å². The molecule has 0 bridgehead atoms. The molecule has 12 heteroatoms. The highest BCUT2D eigenvalue weighted by atomic mass is 32.1. The Morgan fingerprint density at radius 3 is 2.51 bits per heavy atom. The summed E-state index contributed by atoms with van der Waals surface area (Å²) in [7, 11) is 2.12. The molecule has 1 amide bonds. The Balaban J connectivity index is 1.18. The molecule has 3 aromatic heterocycles. The number of hydrogen-bond donors (Lipinski definition) is 1. The van der Waals surface area contributed by atoms with E-state index in [1.54, 1.807) is 30.5 Å². The van der Waals surface area contributed by atoms with E-state index in [9.17, 15) is 14.0 Å². The summed E-state index contributed by atoms with van der Waals surface area (Å²) < 4.78 is 36.4. The minimum absolute atomic E-state index is 0.0158. The summed E-state index contributed by atoms with van der Waals surface area (Å²) in [6.45, 7) is 6.51. The van der Waals surface area contributed by atoms with Gasteiger partial charge in [0.25, 0.3) is 11.5 Å². The molecule has 0 aliphatic carbocycles. The van der Waals surface area contributed by atoms with Gasteiger partial charge in [0.15, 0.2) is 11.6 Å². The first kappa shape index (κ1) is 28.6. The number of likely N-dealkylation sites (N-methyl/N-ethyl adjacent to an activating group) is 1. The van der Waals surface area contributed by atoms with E-state index in [2.05, 4.69) is 32.2 Å².